The molecule has 3 N–H and O–H groups in total. The van der Waals surface area contributed by atoms with Crippen LogP contribution >= 0.6 is 0 Å². The molecule has 2 unspecified atom stereocenters. The van der Waals surface area contributed by atoms with Crippen LogP contribution in [0.2, 0.25) is 0 Å². The summed E-state index contributed by atoms with van der Waals surface area (Å²) in [6, 6.07) is -0.320. The third kappa shape index (κ3) is 4.64. The fourth-order valence-electron chi connectivity index (χ4n) is 2.27. The van der Waals surface area contributed by atoms with Crippen molar-refractivity contribution in [2.24, 2.45) is 5.92 Å². The van der Waals surface area contributed by atoms with E-state index in [2.05, 4.69) is 5.32 Å². The Morgan fingerprint density at radius 1 is 1.50 bits per heavy atom. The van der Waals surface area contributed by atoms with Crippen LogP contribution in [0.25, 0.3) is 0 Å². The molecule has 0 aromatic rings. The summed E-state index contributed by atoms with van der Waals surface area (Å²) < 4.78 is 5.62. The Hall–Kier alpha value is -1.34. The maximum Gasteiger partial charge on any atom is 0.317 e. The van der Waals surface area contributed by atoms with Crippen LogP contribution in [-0.4, -0.2) is 65.1 Å². The lowest BCUT2D eigenvalue weighted by Gasteiger charge is -2.42. The summed E-state index contributed by atoms with van der Waals surface area (Å²) >= 11 is 0. The Bertz CT molecular complexity index is 359. The molecule has 2 atom stereocenters. The van der Waals surface area contributed by atoms with E-state index in [1.807, 2.05) is 13.8 Å². The van der Waals surface area contributed by atoms with Crippen LogP contribution in [-0.2, 0) is 9.53 Å². The number of aliphatic hydroxyl groups excluding tert-OH is 1. The van der Waals surface area contributed by atoms with Gasteiger partial charge >= 0.3 is 12.0 Å². The molecule has 0 spiro atoms. The van der Waals surface area contributed by atoms with Gasteiger partial charge in [0.1, 0.15) is 0 Å². The van der Waals surface area contributed by atoms with E-state index in [-0.39, 0.29) is 19.2 Å². The average Bonchev–Trinajstić information content (AvgIpc) is 2.36. The Labute approximate surface area is 118 Å². The van der Waals surface area contributed by atoms with Crippen LogP contribution in [0, 0.1) is 5.92 Å². The number of hydrogen-bond donors (Lipinski definition) is 3. The van der Waals surface area contributed by atoms with Crippen LogP contribution in [0.1, 0.15) is 27.2 Å². The van der Waals surface area contributed by atoms with Gasteiger partial charge in [0, 0.05) is 6.54 Å². The molecule has 0 saturated carbocycles. The van der Waals surface area contributed by atoms with Gasteiger partial charge in [-0.3, -0.25) is 4.79 Å². The van der Waals surface area contributed by atoms with Gasteiger partial charge in [-0.1, -0.05) is 6.92 Å². The van der Waals surface area contributed by atoms with Crippen LogP contribution in [0.3, 0.4) is 0 Å². The highest BCUT2D eigenvalue weighted by atomic mass is 16.5. The van der Waals surface area contributed by atoms with Crippen molar-refractivity contribution in [3.8, 4) is 0 Å². The maximum atomic E-state index is 12.1. The molecule has 1 aliphatic rings. The molecule has 20 heavy (non-hydrogen) atoms. The van der Waals surface area contributed by atoms with E-state index in [1.165, 1.54) is 0 Å². The molecule has 1 fully saturated rings. The van der Waals surface area contributed by atoms with Crippen molar-refractivity contribution in [1.82, 2.24) is 10.2 Å². The fourth-order valence-corrected chi connectivity index (χ4v) is 2.27. The third-order valence-corrected chi connectivity index (χ3v) is 3.31. The molecular formula is C13H24N2O5. The number of carboxylic acids is 1. The van der Waals surface area contributed by atoms with Gasteiger partial charge in [0.2, 0.25) is 0 Å². The highest BCUT2D eigenvalue weighted by Gasteiger charge is 2.35. The van der Waals surface area contributed by atoms with E-state index in [9.17, 15) is 14.7 Å². The summed E-state index contributed by atoms with van der Waals surface area (Å²) in [7, 11) is 0. The number of urea groups is 1. The third-order valence-electron chi connectivity index (χ3n) is 3.31. The van der Waals surface area contributed by atoms with Crippen molar-refractivity contribution in [2.75, 3.05) is 26.2 Å². The maximum absolute atomic E-state index is 12.1. The van der Waals surface area contributed by atoms with E-state index >= 15 is 0 Å². The largest absolute Gasteiger partial charge is 0.481 e. The van der Waals surface area contributed by atoms with E-state index in [1.54, 1.807) is 11.8 Å². The quantitative estimate of drug-likeness (QED) is 0.675. The number of amides is 2. The second-order valence-corrected chi connectivity index (χ2v) is 5.69. The standard InChI is InChI=1S/C13H24N2O5/c1-4-9(11(17)18)5-14-12(19)15-6-10(7-16)20-13(2,3)8-15/h9-10,16H,4-8H2,1-3H3,(H,14,19)(H,17,18). The van der Waals surface area contributed by atoms with E-state index in [0.29, 0.717) is 19.5 Å². The predicted octanol–water partition coefficient (Wildman–Crippen LogP) is 0.279. The number of aliphatic hydroxyl groups is 1. The number of rotatable bonds is 5. The SMILES string of the molecule is CCC(CNC(=O)N1CC(CO)OC(C)(C)C1)C(=O)O. The minimum absolute atomic E-state index is 0.103. The first-order valence-electron chi connectivity index (χ1n) is 6.83. The molecule has 0 aliphatic carbocycles. The topological polar surface area (TPSA) is 99.1 Å². The average molecular weight is 288 g/mol. The number of aliphatic carboxylic acids is 1. The molecule has 1 rings (SSSR count). The van der Waals surface area contributed by atoms with E-state index in [0.717, 1.165) is 0 Å². The molecule has 1 saturated heterocycles. The monoisotopic (exact) mass is 288 g/mol. The lowest BCUT2D eigenvalue weighted by atomic mass is 10.1. The van der Waals surface area contributed by atoms with Gasteiger partial charge in [0.25, 0.3) is 0 Å². The van der Waals surface area contributed by atoms with E-state index < -0.39 is 23.6 Å². The first-order valence-corrected chi connectivity index (χ1v) is 6.83. The summed E-state index contributed by atoms with van der Waals surface area (Å²) in [5, 5.41) is 20.8. The second-order valence-electron chi connectivity index (χ2n) is 5.69. The molecule has 1 heterocycles. The van der Waals surface area contributed by atoms with Crippen LogP contribution < -0.4 is 5.32 Å². The highest BCUT2D eigenvalue weighted by molar-refractivity contribution is 5.76. The molecule has 0 bridgehead atoms. The lowest BCUT2D eigenvalue weighted by Crippen LogP contribution is -2.58. The molecular weight excluding hydrogens is 264 g/mol. The van der Waals surface area contributed by atoms with Gasteiger partial charge in [0.05, 0.1) is 37.3 Å². The number of carbonyl (C=O) groups is 2. The summed E-state index contributed by atoms with van der Waals surface area (Å²) in [4.78, 5) is 24.5. The van der Waals surface area contributed by atoms with Crippen molar-refractivity contribution < 1.29 is 24.5 Å². The van der Waals surface area contributed by atoms with Gasteiger partial charge in [-0.05, 0) is 20.3 Å². The lowest BCUT2D eigenvalue weighted by molar-refractivity contribution is -0.142. The number of carboxylic acid groups (broad SMARTS) is 1. The molecule has 0 aromatic heterocycles. The van der Waals surface area contributed by atoms with Gasteiger partial charge in [-0.15, -0.1) is 0 Å². The van der Waals surface area contributed by atoms with Crippen molar-refractivity contribution in [1.29, 1.82) is 0 Å². The van der Waals surface area contributed by atoms with Crippen LogP contribution in [0.5, 0.6) is 0 Å². The molecule has 7 nitrogen and oxygen atoms in total. The Morgan fingerprint density at radius 2 is 2.15 bits per heavy atom. The summed E-state index contributed by atoms with van der Waals surface area (Å²) in [6.07, 6.45) is 0.0506. The van der Waals surface area contributed by atoms with Crippen molar-refractivity contribution >= 4 is 12.0 Å². The molecule has 7 heteroatoms. The summed E-state index contributed by atoms with van der Waals surface area (Å²) in [6.45, 7) is 6.12. The number of nitrogens with zero attached hydrogens (tertiary/aromatic N) is 1. The molecule has 0 radical (unpaired) electrons. The summed E-state index contributed by atoms with van der Waals surface area (Å²) in [5.41, 5.74) is -0.528. The molecule has 116 valence electrons. The first-order chi connectivity index (χ1) is 9.29. The van der Waals surface area contributed by atoms with Crippen molar-refractivity contribution in [3.63, 3.8) is 0 Å². The molecule has 0 aromatic carbocycles. The Kier molecular flexibility index (Phi) is 5.76. The van der Waals surface area contributed by atoms with Crippen molar-refractivity contribution in [2.45, 2.75) is 38.9 Å². The van der Waals surface area contributed by atoms with Crippen LogP contribution in [0.15, 0.2) is 0 Å². The fraction of sp³-hybridized carbons (Fsp3) is 0.846. The predicted molar refractivity (Wildman–Crippen MR) is 72.4 cm³/mol. The number of nitrogens with one attached hydrogen (secondary N) is 1. The zero-order valence-corrected chi connectivity index (χ0v) is 12.3. The number of carbonyl (C=O) groups excluding carboxylic acids is 1. The Balaban J connectivity index is 2.56. The minimum atomic E-state index is -0.914. The number of morpholine rings is 1. The Morgan fingerprint density at radius 3 is 2.65 bits per heavy atom. The van der Waals surface area contributed by atoms with Crippen molar-refractivity contribution in [3.05, 3.63) is 0 Å². The van der Waals surface area contributed by atoms with Gasteiger partial charge in [-0.25, -0.2) is 4.79 Å². The van der Waals surface area contributed by atoms with Gasteiger partial charge < -0.3 is 25.2 Å². The zero-order valence-electron chi connectivity index (χ0n) is 12.3. The first kappa shape index (κ1) is 16.7. The smallest absolute Gasteiger partial charge is 0.317 e. The van der Waals surface area contributed by atoms with E-state index in [4.69, 9.17) is 9.84 Å². The summed E-state index contributed by atoms with van der Waals surface area (Å²) in [5.74, 6) is -1.50. The zero-order chi connectivity index (χ0) is 15.3. The highest BCUT2D eigenvalue weighted by Crippen LogP contribution is 2.20. The normalized spacial score (nSPS) is 23.2. The van der Waals surface area contributed by atoms with Gasteiger partial charge in [0.15, 0.2) is 0 Å². The minimum Gasteiger partial charge on any atom is -0.481 e. The number of hydrogen-bond acceptors (Lipinski definition) is 4. The molecule has 1 aliphatic heterocycles. The van der Waals surface area contributed by atoms with Gasteiger partial charge in [-0.2, -0.15) is 0 Å². The second kappa shape index (κ2) is 6.90. The van der Waals surface area contributed by atoms with Crippen LogP contribution in [0.4, 0.5) is 4.79 Å². The number of ether oxygens (including phenoxy) is 1. The molecule has 2 amide bonds.